The third-order valence-electron chi connectivity index (χ3n) is 3.90. The molecule has 0 radical (unpaired) electrons. The summed E-state index contributed by atoms with van der Waals surface area (Å²) in [4.78, 5) is 42.0. The van der Waals surface area contributed by atoms with E-state index < -0.39 is 29.1 Å². The second kappa shape index (κ2) is 8.73. The molecule has 9 nitrogen and oxygen atoms in total. The first-order valence-corrected chi connectivity index (χ1v) is 8.96. The van der Waals surface area contributed by atoms with Crippen molar-refractivity contribution in [2.45, 2.75) is 51.4 Å². The molecule has 1 atom stereocenters. The second-order valence-corrected chi connectivity index (χ2v) is 7.42. The van der Waals surface area contributed by atoms with Crippen LogP contribution in [0, 0.1) is 0 Å². The minimum atomic E-state index is -1.97. The van der Waals surface area contributed by atoms with Gasteiger partial charge in [0.15, 0.2) is 5.96 Å². The number of esters is 1. The van der Waals surface area contributed by atoms with Gasteiger partial charge in [-0.1, -0.05) is 30.3 Å². The normalized spacial score (nSPS) is 20.1. The van der Waals surface area contributed by atoms with E-state index in [0.717, 1.165) is 5.56 Å². The van der Waals surface area contributed by atoms with Crippen molar-refractivity contribution in [3.05, 3.63) is 35.9 Å². The van der Waals surface area contributed by atoms with Crippen LogP contribution < -0.4 is 16.4 Å². The smallest absolute Gasteiger partial charge is 0.408 e. The predicted octanol–water partition coefficient (Wildman–Crippen LogP) is 1.22. The summed E-state index contributed by atoms with van der Waals surface area (Å²) in [5.74, 6) is -1.83. The molecule has 28 heavy (non-hydrogen) atoms. The van der Waals surface area contributed by atoms with Crippen LogP contribution >= 0.6 is 0 Å². The van der Waals surface area contributed by atoms with Gasteiger partial charge in [0.25, 0.3) is 5.91 Å². The molecule has 1 aliphatic heterocycles. The van der Waals surface area contributed by atoms with Crippen molar-refractivity contribution in [2.75, 3.05) is 6.54 Å². The summed E-state index contributed by atoms with van der Waals surface area (Å²) in [7, 11) is 0. The quantitative estimate of drug-likeness (QED) is 0.523. The molecular weight excluding hydrogens is 364 g/mol. The average molecular weight is 390 g/mol. The van der Waals surface area contributed by atoms with Gasteiger partial charge in [-0.2, -0.15) is 0 Å². The Balaban J connectivity index is 2.22. The third kappa shape index (κ3) is 5.70. The van der Waals surface area contributed by atoms with Gasteiger partial charge in [-0.15, -0.1) is 0 Å². The van der Waals surface area contributed by atoms with Gasteiger partial charge in [0, 0.05) is 6.54 Å². The fourth-order valence-corrected chi connectivity index (χ4v) is 2.58. The zero-order valence-corrected chi connectivity index (χ0v) is 16.3. The van der Waals surface area contributed by atoms with E-state index in [0.29, 0.717) is 6.42 Å². The fourth-order valence-electron chi connectivity index (χ4n) is 2.58. The standard InChI is InChI=1S/C19H26N4O5/c1-18(2,3)28-15(25)19(10-7-11-21-16(20)22-14(19)24)23-17(26)27-12-13-8-5-4-6-9-13/h4-6,8-9H,7,10-12H2,1-3H3,(H,23,26)(H3,20,21,22,24). The maximum absolute atomic E-state index is 12.9. The van der Waals surface area contributed by atoms with Crippen molar-refractivity contribution in [3.63, 3.8) is 0 Å². The topological polar surface area (TPSA) is 132 Å². The molecule has 0 spiro atoms. The van der Waals surface area contributed by atoms with E-state index in [9.17, 15) is 14.4 Å². The van der Waals surface area contributed by atoms with Gasteiger partial charge in [-0.25, -0.2) is 9.59 Å². The molecule has 1 aromatic rings. The zero-order chi connectivity index (χ0) is 20.8. The number of aliphatic imine (C=N–C) groups is 1. The monoisotopic (exact) mass is 390 g/mol. The van der Waals surface area contributed by atoms with Crippen LogP contribution in [-0.2, 0) is 25.7 Å². The lowest BCUT2D eigenvalue weighted by Gasteiger charge is -2.34. The summed E-state index contributed by atoms with van der Waals surface area (Å²) >= 11 is 0. The number of carbonyl (C=O) groups excluding carboxylic acids is 3. The molecule has 1 aromatic carbocycles. The first-order chi connectivity index (χ1) is 13.1. The van der Waals surface area contributed by atoms with Crippen LogP contribution in [0.2, 0.25) is 0 Å². The Morgan fingerprint density at radius 1 is 1.29 bits per heavy atom. The number of nitrogens with one attached hydrogen (secondary N) is 2. The zero-order valence-electron chi connectivity index (χ0n) is 16.3. The Morgan fingerprint density at radius 2 is 1.96 bits per heavy atom. The molecule has 1 aliphatic rings. The van der Waals surface area contributed by atoms with Gasteiger partial charge in [0.05, 0.1) is 0 Å². The van der Waals surface area contributed by atoms with Crippen LogP contribution in [0.4, 0.5) is 4.79 Å². The third-order valence-corrected chi connectivity index (χ3v) is 3.90. The van der Waals surface area contributed by atoms with Crippen LogP contribution in [0.5, 0.6) is 0 Å². The number of guanidine groups is 1. The SMILES string of the molecule is CC(C)(C)OC(=O)C1(NC(=O)OCc2ccccc2)CCCN=C(N)NC1=O. The molecule has 0 fully saturated rings. The molecule has 0 saturated carbocycles. The largest absolute Gasteiger partial charge is 0.458 e. The maximum atomic E-state index is 12.9. The average Bonchev–Trinajstić information content (AvgIpc) is 2.60. The minimum Gasteiger partial charge on any atom is -0.458 e. The number of benzene rings is 1. The van der Waals surface area contributed by atoms with Crippen molar-refractivity contribution >= 4 is 23.9 Å². The van der Waals surface area contributed by atoms with Gasteiger partial charge in [-0.05, 0) is 39.2 Å². The molecule has 0 bridgehead atoms. The molecule has 9 heteroatoms. The summed E-state index contributed by atoms with van der Waals surface area (Å²) < 4.78 is 10.6. The van der Waals surface area contributed by atoms with Crippen LogP contribution in [0.1, 0.15) is 39.2 Å². The van der Waals surface area contributed by atoms with E-state index >= 15 is 0 Å². The number of amides is 2. The van der Waals surface area contributed by atoms with Crippen LogP contribution in [0.25, 0.3) is 0 Å². The minimum absolute atomic E-state index is 0.00896. The van der Waals surface area contributed by atoms with Crippen LogP contribution in [-0.4, -0.2) is 41.6 Å². The summed E-state index contributed by atoms with van der Waals surface area (Å²) in [5.41, 5.74) is 3.57. The lowest BCUT2D eigenvalue weighted by atomic mass is 9.91. The maximum Gasteiger partial charge on any atom is 0.408 e. The van der Waals surface area contributed by atoms with E-state index in [1.807, 2.05) is 18.2 Å². The molecule has 152 valence electrons. The van der Waals surface area contributed by atoms with Crippen molar-refractivity contribution in [3.8, 4) is 0 Å². The molecule has 2 amide bonds. The van der Waals surface area contributed by atoms with Crippen LogP contribution in [0.3, 0.4) is 0 Å². The molecule has 1 heterocycles. The van der Waals surface area contributed by atoms with Crippen molar-refractivity contribution in [1.29, 1.82) is 0 Å². The highest BCUT2D eigenvalue weighted by Crippen LogP contribution is 2.22. The summed E-state index contributed by atoms with van der Waals surface area (Å²) in [6.45, 7) is 5.29. The van der Waals surface area contributed by atoms with Crippen molar-refractivity contribution < 1.29 is 23.9 Å². The number of nitrogens with zero attached hydrogens (tertiary/aromatic N) is 1. The van der Waals surface area contributed by atoms with Crippen molar-refractivity contribution in [2.24, 2.45) is 10.7 Å². The lowest BCUT2D eigenvalue weighted by Crippen LogP contribution is -2.66. The first-order valence-electron chi connectivity index (χ1n) is 8.96. The van der Waals surface area contributed by atoms with Gasteiger partial charge in [0.1, 0.15) is 12.2 Å². The molecule has 4 N–H and O–H groups in total. The Kier molecular flexibility index (Phi) is 6.61. The fraction of sp³-hybridized carbons (Fsp3) is 0.474. The highest BCUT2D eigenvalue weighted by molar-refractivity contribution is 6.14. The number of rotatable bonds is 4. The summed E-state index contributed by atoms with van der Waals surface area (Å²) in [6, 6.07) is 9.03. The first kappa shape index (κ1) is 21.2. The number of alkyl carbamates (subject to hydrolysis) is 1. The van der Waals surface area contributed by atoms with Gasteiger partial charge >= 0.3 is 12.1 Å². The molecular formula is C19H26N4O5. The van der Waals surface area contributed by atoms with Crippen molar-refractivity contribution in [1.82, 2.24) is 10.6 Å². The Labute approximate surface area is 163 Å². The van der Waals surface area contributed by atoms with E-state index in [-0.39, 0.29) is 25.5 Å². The number of hydrogen-bond donors (Lipinski definition) is 3. The van der Waals surface area contributed by atoms with E-state index in [4.69, 9.17) is 15.2 Å². The highest BCUT2D eigenvalue weighted by Gasteiger charge is 2.50. The van der Waals surface area contributed by atoms with Gasteiger partial charge in [0.2, 0.25) is 5.54 Å². The predicted molar refractivity (Wildman–Crippen MR) is 102 cm³/mol. The molecule has 0 aromatic heterocycles. The molecule has 0 saturated heterocycles. The number of nitrogens with two attached hydrogens (primary N) is 1. The number of carbonyl (C=O) groups is 3. The molecule has 1 unspecified atom stereocenters. The molecule has 2 rings (SSSR count). The highest BCUT2D eigenvalue weighted by atomic mass is 16.6. The second-order valence-electron chi connectivity index (χ2n) is 7.42. The number of ether oxygens (including phenoxy) is 2. The lowest BCUT2D eigenvalue weighted by molar-refractivity contribution is -0.166. The Hall–Kier alpha value is -3.10. The van der Waals surface area contributed by atoms with E-state index in [1.165, 1.54) is 0 Å². The Morgan fingerprint density at radius 3 is 2.61 bits per heavy atom. The number of hydrogen-bond acceptors (Lipinski definition) is 7. The van der Waals surface area contributed by atoms with Crippen LogP contribution in [0.15, 0.2) is 35.3 Å². The van der Waals surface area contributed by atoms with Gasteiger partial charge in [-0.3, -0.25) is 20.4 Å². The van der Waals surface area contributed by atoms with E-state index in [1.54, 1.807) is 32.9 Å². The summed E-state index contributed by atoms with van der Waals surface area (Å²) in [6.07, 6.45) is -0.585. The van der Waals surface area contributed by atoms with E-state index in [2.05, 4.69) is 15.6 Å². The molecule has 0 aliphatic carbocycles. The van der Waals surface area contributed by atoms with Gasteiger partial charge < -0.3 is 15.2 Å². The Bertz CT molecular complexity index is 757. The summed E-state index contributed by atoms with van der Waals surface area (Å²) in [5, 5.41) is 4.74.